The molecule has 7 heteroatoms. The van der Waals surface area contributed by atoms with Crippen molar-refractivity contribution >= 4 is 21.6 Å². The minimum Gasteiger partial charge on any atom is -0.371 e. The van der Waals surface area contributed by atoms with Crippen LogP contribution in [0.5, 0.6) is 0 Å². The van der Waals surface area contributed by atoms with E-state index in [1.165, 1.54) is 6.42 Å². The molecule has 0 radical (unpaired) electrons. The molecule has 0 aliphatic carbocycles. The third-order valence-electron chi connectivity index (χ3n) is 6.30. The van der Waals surface area contributed by atoms with Gasteiger partial charge in [0.15, 0.2) is 0 Å². The molecule has 1 aromatic carbocycles. The number of carbonyl (C=O) groups is 1. The van der Waals surface area contributed by atoms with Gasteiger partial charge in [-0.3, -0.25) is 4.79 Å². The van der Waals surface area contributed by atoms with Crippen molar-refractivity contribution in [3.8, 4) is 0 Å². The fourth-order valence-corrected chi connectivity index (χ4v) is 5.98. The van der Waals surface area contributed by atoms with E-state index >= 15 is 0 Å². The van der Waals surface area contributed by atoms with Gasteiger partial charge in [0.05, 0.1) is 10.5 Å². The molecule has 2 saturated heterocycles. The van der Waals surface area contributed by atoms with Crippen molar-refractivity contribution in [3.63, 3.8) is 0 Å². The van der Waals surface area contributed by atoms with E-state index in [1.54, 1.807) is 16.4 Å². The summed E-state index contributed by atoms with van der Waals surface area (Å²) in [5.74, 6) is -0.0535. The van der Waals surface area contributed by atoms with Crippen LogP contribution >= 0.6 is 0 Å². The van der Waals surface area contributed by atoms with Crippen LogP contribution in [0.3, 0.4) is 0 Å². The second-order valence-corrected chi connectivity index (χ2v) is 10.4. The Hall–Kier alpha value is -1.60. The van der Waals surface area contributed by atoms with Gasteiger partial charge in [0.2, 0.25) is 10.0 Å². The highest BCUT2D eigenvalue weighted by Crippen LogP contribution is 2.30. The van der Waals surface area contributed by atoms with Crippen molar-refractivity contribution in [3.05, 3.63) is 23.8 Å². The van der Waals surface area contributed by atoms with Crippen LogP contribution in [0, 0.1) is 0 Å². The third kappa shape index (κ3) is 5.17. The number of amides is 1. The molecule has 1 aromatic rings. The van der Waals surface area contributed by atoms with Crippen LogP contribution < -0.4 is 4.90 Å². The largest absolute Gasteiger partial charge is 0.371 e. The Morgan fingerprint density at radius 1 is 0.967 bits per heavy atom. The molecule has 2 aliphatic heterocycles. The van der Waals surface area contributed by atoms with E-state index in [0.717, 1.165) is 63.7 Å². The number of rotatable bonds is 8. The highest BCUT2D eigenvalue weighted by molar-refractivity contribution is 7.89. The van der Waals surface area contributed by atoms with Gasteiger partial charge in [-0.25, -0.2) is 8.42 Å². The first-order valence-electron chi connectivity index (χ1n) is 11.7. The summed E-state index contributed by atoms with van der Waals surface area (Å²) in [7, 11) is -3.57. The van der Waals surface area contributed by atoms with Crippen molar-refractivity contribution in [1.29, 1.82) is 0 Å². The van der Waals surface area contributed by atoms with Gasteiger partial charge >= 0.3 is 0 Å². The maximum atomic E-state index is 13.5. The molecule has 0 bridgehead atoms. The van der Waals surface area contributed by atoms with Crippen LogP contribution in [0.25, 0.3) is 0 Å². The number of unbranched alkanes of at least 4 members (excludes halogenated alkanes) is 1. The zero-order valence-corrected chi connectivity index (χ0v) is 19.4. The first-order valence-corrected chi connectivity index (χ1v) is 13.1. The second kappa shape index (κ2) is 10.6. The quantitative estimate of drug-likeness (QED) is 0.616. The SMILES string of the molecule is CCCCN(CC)C(=O)c1cc(S(=O)(=O)N2CCCCC2)ccc1N1CCCCC1. The van der Waals surface area contributed by atoms with Gasteiger partial charge in [-0.05, 0) is 63.6 Å². The molecule has 1 amide bonds. The average Bonchev–Trinajstić information content (AvgIpc) is 2.80. The predicted octanol–water partition coefficient (Wildman–Crippen LogP) is 4.11. The Morgan fingerprint density at radius 3 is 2.20 bits per heavy atom. The minimum atomic E-state index is -3.57. The second-order valence-electron chi connectivity index (χ2n) is 8.43. The molecule has 0 atom stereocenters. The molecule has 0 unspecified atom stereocenters. The maximum absolute atomic E-state index is 13.5. The maximum Gasteiger partial charge on any atom is 0.255 e. The predicted molar refractivity (Wildman–Crippen MR) is 122 cm³/mol. The van der Waals surface area contributed by atoms with Gasteiger partial charge in [-0.15, -0.1) is 0 Å². The summed E-state index contributed by atoms with van der Waals surface area (Å²) >= 11 is 0. The van der Waals surface area contributed by atoms with Crippen LogP contribution in [0.2, 0.25) is 0 Å². The molecule has 2 fully saturated rings. The lowest BCUT2D eigenvalue weighted by molar-refractivity contribution is 0.0762. The molecule has 30 heavy (non-hydrogen) atoms. The summed E-state index contributed by atoms with van der Waals surface area (Å²) in [6, 6.07) is 5.21. The molecular formula is C23H37N3O3S. The number of anilines is 1. The highest BCUT2D eigenvalue weighted by atomic mass is 32.2. The highest BCUT2D eigenvalue weighted by Gasteiger charge is 2.29. The summed E-state index contributed by atoms with van der Waals surface area (Å²) in [5.41, 5.74) is 1.42. The van der Waals surface area contributed by atoms with E-state index in [9.17, 15) is 13.2 Å². The number of piperidine rings is 2. The molecule has 168 valence electrons. The summed E-state index contributed by atoms with van der Waals surface area (Å²) in [5, 5.41) is 0. The Labute approximate surface area is 182 Å². The number of hydrogen-bond donors (Lipinski definition) is 0. The summed E-state index contributed by atoms with van der Waals surface area (Å²) in [4.78, 5) is 17.8. The van der Waals surface area contributed by atoms with E-state index in [4.69, 9.17) is 0 Å². The van der Waals surface area contributed by atoms with Crippen LogP contribution in [0.1, 0.15) is 75.6 Å². The first kappa shape index (κ1) is 23.1. The summed E-state index contributed by atoms with van der Waals surface area (Å²) in [6.07, 6.45) is 8.26. The monoisotopic (exact) mass is 435 g/mol. The molecule has 3 rings (SSSR count). The lowest BCUT2D eigenvalue weighted by Gasteiger charge is -2.32. The molecule has 2 heterocycles. The third-order valence-corrected chi connectivity index (χ3v) is 8.19. The van der Waals surface area contributed by atoms with Gasteiger partial charge in [0.1, 0.15) is 0 Å². The first-order chi connectivity index (χ1) is 14.5. The van der Waals surface area contributed by atoms with Crippen LogP contribution in [-0.2, 0) is 10.0 Å². The zero-order valence-electron chi connectivity index (χ0n) is 18.6. The minimum absolute atomic E-state index is 0.0535. The number of hydrogen-bond acceptors (Lipinski definition) is 4. The topological polar surface area (TPSA) is 60.9 Å². The van der Waals surface area contributed by atoms with Gasteiger partial charge in [-0.2, -0.15) is 4.31 Å². The standard InChI is InChI=1S/C23H37N3O3S/c1-3-5-14-24(4-2)23(27)21-19-20(30(28,29)26-17-10-7-11-18-26)12-13-22(21)25-15-8-6-9-16-25/h12-13,19H,3-11,14-18H2,1-2H3. The number of nitrogens with zero attached hydrogens (tertiary/aromatic N) is 3. The Balaban J connectivity index is 1.98. The Bertz CT molecular complexity index is 813. The fraction of sp³-hybridized carbons (Fsp3) is 0.696. The smallest absolute Gasteiger partial charge is 0.255 e. The van der Waals surface area contributed by atoms with E-state index in [2.05, 4.69) is 11.8 Å². The van der Waals surface area contributed by atoms with E-state index in [1.807, 2.05) is 17.9 Å². The van der Waals surface area contributed by atoms with Crippen LogP contribution in [0.15, 0.2) is 23.1 Å². The number of carbonyl (C=O) groups excluding carboxylic acids is 1. The molecule has 2 aliphatic rings. The molecule has 0 spiro atoms. The van der Waals surface area contributed by atoms with Crippen molar-refractivity contribution < 1.29 is 13.2 Å². The normalized spacial score (nSPS) is 18.4. The molecule has 6 nitrogen and oxygen atoms in total. The fourth-order valence-electron chi connectivity index (χ4n) is 4.43. The molecular weight excluding hydrogens is 398 g/mol. The van der Waals surface area contributed by atoms with Crippen molar-refractivity contribution in [2.75, 3.05) is 44.2 Å². The van der Waals surface area contributed by atoms with Crippen molar-refractivity contribution in [2.45, 2.75) is 70.1 Å². The summed E-state index contributed by atoms with van der Waals surface area (Å²) in [6.45, 7) is 8.40. The summed E-state index contributed by atoms with van der Waals surface area (Å²) < 4.78 is 28.1. The Kier molecular flexibility index (Phi) is 8.17. The van der Waals surface area contributed by atoms with Crippen LogP contribution in [0.4, 0.5) is 5.69 Å². The van der Waals surface area contributed by atoms with E-state index in [-0.39, 0.29) is 10.8 Å². The van der Waals surface area contributed by atoms with Gasteiger partial charge in [0.25, 0.3) is 5.91 Å². The lowest BCUT2D eigenvalue weighted by Crippen LogP contribution is -2.37. The lowest BCUT2D eigenvalue weighted by atomic mass is 10.1. The number of sulfonamides is 1. The van der Waals surface area contributed by atoms with E-state index < -0.39 is 10.0 Å². The zero-order chi connectivity index (χ0) is 21.6. The molecule has 0 saturated carbocycles. The van der Waals surface area contributed by atoms with Gasteiger partial charge in [-0.1, -0.05) is 19.8 Å². The van der Waals surface area contributed by atoms with Crippen LogP contribution in [-0.4, -0.2) is 62.8 Å². The van der Waals surface area contributed by atoms with Gasteiger partial charge < -0.3 is 9.80 Å². The molecule has 0 aromatic heterocycles. The average molecular weight is 436 g/mol. The Morgan fingerprint density at radius 2 is 1.60 bits per heavy atom. The molecule has 0 N–H and O–H groups in total. The van der Waals surface area contributed by atoms with E-state index in [0.29, 0.717) is 31.7 Å². The van der Waals surface area contributed by atoms with Crippen molar-refractivity contribution in [1.82, 2.24) is 9.21 Å². The van der Waals surface area contributed by atoms with Crippen molar-refractivity contribution in [2.24, 2.45) is 0 Å². The number of benzene rings is 1. The van der Waals surface area contributed by atoms with Gasteiger partial charge in [0, 0.05) is 45.0 Å².